The third-order valence-corrected chi connectivity index (χ3v) is 3.26. The Bertz CT molecular complexity index is 756. The molecule has 0 saturated carbocycles. The number of carbonyl (C=O) groups excluding carboxylic acids is 1. The summed E-state index contributed by atoms with van der Waals surface area (Å²) in [5, 5.41) is 2.72. The summed E-state index contributed by atoms with van der Waals surface area (Å²) in [5.74, 6) is 0.276. The van der Waals surface area contributed by atoms with Gasteiger partial charge in [0.2, 0.25) is 11.8 Å². The van der Waals surface area contributed by atoms with Crippen LogP contribution in [-0.4, -0.2) is 20.9 Å². The van der Waals surface area contributed by atoms with Crippen molar-refractivity contribution in [1.29, 1.82) is 0 Å². The van der Waals surface area contributed by atoms with Crippen LogP contribution in [-0.2, 0) is 0 Å². The number of fused-ring (bicyclic) bond motifs is 1. The van der Waals surface area contributed by atoms with E-state index >= 15 is 0 Å². The lowest BCUT2D eigenvalue weighted by Gasteiger charge is -2.05. The average molecular weight is 272 g/mol. The zero-order valence-electron chi connectivity index (χ0n) is 9.61. The molecule has 0 radical (unpaired) electrons. The van der Waals surface area contributed by atoms with Crippen LogP contribution in [0.15, 0.2) is 36.2 Å². The molecule has 0 aliphatic carbocycles. The van der Waals surface area contributed by atoms with Gasteiger partial charge in [0.25, 0.3) is 0 Å². The van der Waals surface area contributed by atoms with E-state index in [2.05, 4.69) is 15.0 Å². The van der Waals surface area contributed by atoms with Gasteiger partial charge in [-0.1, -0.05) is 0 Å². The summed E-state index contributed by atoms with van der Waals surface area (Å²) >= 11 is 1.50. The van der Waals surface area contributed by atoms with Crippen LogP contribution in [0, 0.1) is 0 Å². The molecule has 0 spiro atoms. The molecular formula is C12H8N4O2S. The highest BCUT2D eigenvalue weighted by Gasteiger charge is 2.09. The molecule has 0 aliphatic rings. The number of ether oxygens (including phenoxy) is 1. The largest absolute Gasteiger partial charge is 0.437 e. The van der Waals surface area contributed by atoms with Crippen molar-refractivity contribution in [2.45, 2.75) is 0 Å². The number of rotatable bonds is 3. The van der Waals surface area contributed by atoms with Crippen LogP contribution in [0.4, 0.5) is 0 Å². The second-order valence-corrected chi connectivity index (χ2v) is 4.59. The molecule has 2 N–H and O–H groups in total. The van der Waals surface area contributed by atoms with Crippen LogP contribution in [0.25, 0.3) is 10.2 Å². The lowest BCUT2D eigenvalue weighted by atomic mass is 10.3. The standard InChI is InChI=1S/C12H8N4O2S/c13-10(17)7-3-8(5-14-4-7)18-11-9-1-2-19-12(9)16-6-15-11/h1-6H,(H2,13,17). The van der Waals surface area contributed by atoms with Gasteiger partial charge in [-0.3, -0.25) is 9.78 Å². The molecule has 0 fully saturated rings. The molecule has 7 heteroatoms. The lowest BCUT2D eigenvalue weighted by molar-refractivity contribution is 0.0999. The topological polar surface area (TPSA) is 91.0 Å². The maximum atomic E-state index is 11.1. The zero-order valence-corrected chi connectivity index (χ0v) is 10.4. The second-order valence-electron chi connectivity index (χ2n) is 3.69. The molecule has 3 rings (SSSR count). The van der Waals surface area contributed by atoms with Crippen molar-refractivity contribution in [3.8, 4) is 11.6 Å². The van der Waals surface area contributed by atoms with E-state index in [1.807, 2.05) is 11.4 Å². The molecule has 3 aromatic rings. The first-order chi connectivity index (χ1) is 9.24. The van der Waals surface area contributed by atoms with Gasteiger partial charge in [-0.15, -0.1) is 11.3 Å². The van der Waals surface area contributed by atoms with Gasteiger partial charge in [-0.25, -0.2) is 9.97 Å². The average Bonchev–Trinajstić information content (AvgIpc) is 2.88. The summed E-state index contributed by atoms with van der Waals surface area (Å²) in [4.78, 5) is 24.0. The summed E-state index contributed by atoms with van der Waals surface area (Å²) < 4.78 is 5.63. The Morgan fingerprint density at radius 1 is 1.32 bits per heavy atom. The molecule has 94 valence electrons. The number of hydrogen-bond donors (Lipinski definition) is 1. The predicted molar refractivity (Wildman–Crippen MR) is 70.2 cm³/mol. The van der Waals surface area contributed by atoms with Crippen molar-refractivity contribution < 1.29 is 9.53 Å². The van der Waals surface area contributed by atoms with E-state index in [9.17, 15) is 4.79 Å². The van der Waals surface area contributed by atoms with Crippen molar-refractivity contribution in [2.24, 2.45) is 5.73 Å². The normalized spacial score (nSPS) is 10.5. The molecule has 0 saturated heterocycles. The van der Waals surface area contributed by atoms with Crippen molar-refractivity contribution in [3.05, 3.63) is 41.8 Å². The highest BCUT2D eigenvalue weighted by atomic mass is 32.1. The predicted octanol–water partition coefficient (Wildman–Crippen LogP) is 1.98. The smallest absolute Gasteiger partial charge is 0.250 e. The molecule has 0 bridgehead atoms. The minimum atomic E-state index is -0.554. The number of primary amides is 1. The molecule has 3 aromatic heterocycles. The number of carbonyl (C=O) groups is 1. The fraction of sp³-hybridized carbons (Fsp3) is 0. The molecular weight excluding hydrogens is 264 g/mol. The number of pyridine rings is 1. The van der Waals surface area contributed by atoms with Gasteiger partial charge < -0.3 is 10.5 Å². The third kappa shape index (κ3) is 2.23. The Balaban J connectivity index is 1.99. The van der Waals surface area contributed by atoms with E-state index < -0.39 is 5.91 Å². The summed E-state index contributed by atoms with van der Waals surface area (Å²) in [6.07, 6.45) is 4.31. The van der Waals surface area contributed by atoms with Crippen LogP contribution in [0.1, 0.15) is 10.4 Å². The fourth-order valence-corrected chi connectivity index (χ4v) is 2.29. The maximum Gasteiger partial charge on any atom is 0.250 e. The zero-order chi connectivity index (χ0) is 13.2. The van der Waals surface area contributed by atoms with E-state index in [1.165, 1.54) is 36.1 Å². The third-order valence-electron chi connectivity index (χ3n) is 2.44. The summed E-state index contributed by atoms with van der Waals surface area (Å²) in [6.45, 7) is 0. The van der Waals surface area contributed by atoms with Crippen LogP contribution in [0.3, 0.4) is 0 Å². The number of hydrogen-bond acceptors (Lipinski definition) is 6. The molecule has 0 aliphatic heterocycles. The summed E-state index contributed by atoms with van der Waals surface area (Å²) in [6, 6.07) is 3.40. The van der Waals surface area contributed by atoms with E-state index in [-0.39, 0.29) is 5.56 Å². The number of nitrogens with two attached hydrogens (primary N) is 1. The van der Waals surface area contributed by atoms with Crippen LogP contribution in [0.5, 0.6) is 11.6 Å². The van der Waals surface area contributed by atoms with E-state index in [0.29, 0.717) is 11.6 Å². The van der Waals surface area contributed by atoms with Gasteiger partial charge in [0, 0.05) is 6.20 Å². The number of amides is 1. The van der Waals surface area contributed by atoms with Gasteiger partial charge in [-0.05, 0) is 17.5 Å². The van der Waals surface area contributed by atoms with Gasteiger partial charge in [-0.2, -0.15) is 0 Å². The number of nitrogens with zero attached hydrogens (tertiary/aromatic N) is 3. The maximum absolute atomic E-state index is 11.1. The first-order valence-electron chi connectivity index (χ1n) is 5.35. The number of thiophene rings is 1. The Hall–Kier alpha value is -2.54. The molecule has 0 unspecified atom stereocenters. The summed E-state index contributed by atoms with van der Waals surface area (Å²) in [5.41, 5.74) is 5.48. The quantitative estimate of drug-likeness (QED) is 0.787. The van der Waals surface area contributed by atoms with Crippen molar-refractivity contribution in [1.82, 2.24) is 15.0 Å². The lowest BCUT2D eigenvalue weighted by Crippen LogP contribution is -2.11. The molecule has 0 aromatic carbocycles. The molecule has 0 atom stereocenters. The highest BCUT2D eigenvalue weighted by molar-refractivity contribution is 7.16. The van der Waals surface area contributed by atoms with Gasteiger partial charge in [0.05, 0.1) is 17.1 Å². The van der Waals surface area contributed by atoms with Gasteiger partial charge >= 0.3 is 0 Å². The molecule has 6 nitrogen and oxygen atoms in total. The van der Waals surface area contributed by atoms with Crippen molar-refractivity contribution in [2.75, 3.05) is 0 Å². The Labute approximate surface area is 111 Å². The minimum Gasteiger partial charge on any atom is -0.437 e. The second kappa shape index (κ2) is 4.62. The highest BCUT2D eigenvalue weighted by Crippen LogP contribution is 2.29. The number of aromatic nitrogens is 3. The van der Waals surface area contributed by atoms with E-state index in [0.717, 1.165) is 10.2 Å². The Morgan fingerprint density at radius 3 is 3.05 bits per heavy atom. The first-order valence-corrected chi connectivity index (χ1v) is 6.23. The van der Waals surface area contributed by atoms with Crippen molar-refractivity contribution >= 4 is 27.5 Å². The molecule has 19 heavy (non-hydrogen) atoms. The Morgan fingerprint density at radius 2 is 2.21 bits per heavy atom. The van der Waals surface area contributed by atoms with Crippen LogP contribution < -0.4 is 10.5 Å². The first kappa shape index (κ1) is 11.5. The molecule has 3 heterocycles. The van der Waals surface area contributed by atoms with Crippen molar-refractivity contribution in [3.63, 3.8) is 0 Å². The van der Waals surface area contributed by atoms with E-state index in [4.69, 9.17) is 10.5 Å². The SMILES string of the molecule is NC(=O)c1cncc(Oc2ncnc3sccc23)c1. The molecule has 1 amide bonds. The monoisotopic (exact) mass is 272 g/mol. The van der Waals surface area contributed by atoms with Crippen LogP contribution >= 0.6 is 11.3 Å². The van der Waals surface area contributed by atoms with Crippen LogP contribution in [0.2, 0.25) is 0 Å². The van der Waals surface area contributed by atoms with E-state index in [1.54, 1.807) is 0 Å². The van der Waals surface area contributed by atoms with Gasteiger partial charge in [0.15, 0.2) is 0 Å². The Kier molecular flexibility index (Phi) is 2.81. The minimum absolute atomic E-state index is 0.285. The summed E-state index contributed by atoms with van der Waals surface area (Å²) in [7, 11) is 0. The fourth-order valence-electron chi connectivity index (χ4n) is 1.57. The van der Waals surface area contributed by atoms with Gasteiger partial charge in [0.1, 0.15) is 16.9 Å².